The molecule has 8 heteroatoms. The number of nitrogens with two attached hydrogens (primary N) is 2. The molecule has 0 aromatic heterocycles. The van der Waals surface area contributed by atoms with Gasteiger partial charge in [0, 0.05) is 6.20 Å². The van der Waals surface area contributed by atoms with E-state index in [1.807, 2.05) is 13.0 Å². The zero-order valence-electron chi connectivity index (χ0n) is 16.0. The van der Waals surface area contributed by atoms with Gasteiger partial charge in [0.2, 0.25) is 5.91 Å². The number of primary amides is 1. The lowest BCUT2D eigenvalue weighted by atomic mass is 10.1. The zero-order valence-corrected chi connectivity index (χ0v) is 16.0. The van der Waals surface area contributed by atoms with Gasteiger partial charge in [-0.1, -0.05) is 17.7 Å². The van der Waals surface area contributed by atoms with Crippen molar-refractivity contribution in [1.82, 2.24) is 0 Å². The molecule has 29 heavy (non-hydrogen) atoms. The highest BCUT2D eigenvalue weighted by Gasteiger charge is 2.07. The van der Waals surface area contributed by atoms with Crippen molar-refractivity contribution in [3.8, 4) is 5.75 Å². The molecule has 6 nitrogen and oxygen atoms in total. The fraction of sp³-hybridized carbons (Fsp3) is 0.143. The molecule has 0 saturated heterocycles. The highest BCUT2D eigenvalue weighted by Crippen LogP contribution is 2.13. The first-order valence-corrected chi connectivity index (χ1v) is 8.40. The molecular formula is C21H22F2N2O4. The highest BCUT2D eigenvalue weighted by atomic mass is 19.1. The van der Waals surface area contributed by atoms with E-state index in [1.54, 1.807) is 19.1 Å². The molecule has 0 unspecified atom stereocenters. The van der Waals surface area contributed by atoms with Crippen LogP contribution < -0.4 is 16.2 Å². The number of carbonyl (C=O) groups excluding carboxylic acids is 1. The molecule has 0 aliphatic heterocycles. The smallest absolute Gasteiger partial charge is 0.335 e. The van der Waals surface area contributed by atoms with Crippen LogP contribution in [0.4, 0.5) is 8.78 Å². The average molecular weight is 404 g/mol. The number of carboxylic acids is 1. The minimum atomic E-state index is -0.859. The molecule has 0 aliphatic carbocycles. The van der Waals surface area contributed by atoms with Crippen LogP contribution in [-0.2, 0) is 4.79 Å². The molecule has 0 heterocycles. The molecule has 0 bridgehead atoms. The Hall–Kier alpha value is -3.68. The molecule has 2 aromatic rings. The van der Waals surface area contributed by atoms with Gasteiger partial charge < -0.3 is 21.3 Å². The number of aryl methyl sites for hydroxylation is 2. The standard InChI is InChI=1S/C12H12F2N2O2.C9H10O2/c13-9-1-3-11(4-2-9)18-7-8(12(16)17)5-10(14)6-15;1-6-3-4-8(9(10)11)7(2)5-6/h1-6H,7,15H2,(H2,16,17);3-5H,1-2H3,(H,10,11)/b8-5+,10-6+;. The quantitative estimate of drug-likeness (QED) is 0.504. The maximum absolute atomic E-state index is 12.9. The van der Waals surface area contributed by atoms with Crippen LogP contribution in [0.15, 0.2) is 66.1 Å². The van der Waals surface area contributed by atoms with E-state index in [2.05, 4.69) is 0 Å². The fourth-order valence-corrected chi connectivity index (χ4v) is 2.14. The molecule has 2 aromatic carbocycles. The van der Waals surface area contributed by atoms with E-state index in [4.69, 9.17) is 21.3 Å². The van der Waals surface area contributed by atoms with Gasteiger partial charge in [0.05, 0.1) is 11.1 Å². The summed E-state index contributed by atoms with van der Waals surface area (Å²) in [4.78, 5) is 21.5. The number of aromatic carboxylic acids is 1. The summed E-state index contributed by atoms with van der Waals surface area (Å²) in [5.74, 6) is -2.56. The predicted octanol–water partition coefficient (Wildman–Crippen LogP) is 3.39. The van der Waals surface area contributed by atoms with Gasteiger partial charge in [0.25, 0.3) is 0 Å². The summed E-state index contributed by atoms with van der Waals surface area (Å²) in [5.41, 5.74) is 12.2. The summed E-state index contributed by atoms with van der Waals surface area (Å²) in [6.07, 6.45) is 1.58. The van der Waals surface area contributed by atoms with Crippen molar-refractivity contribution in [3.05, 3.63) is 88.6 Å². The molecule has 0 radical (unpaired) electrons. The summed E-state index contributed by atoms with van der Waals surface area (Å²) in [5, 5.41) is 8.66. The third-order valence-electron chi connectivity index (χ3n) is 3.61. The Morgan fingerprint density at radius 1 is 1.14 bits per heavy atom. The maximum atomic E-state index is 12.9. The number of halogens is 2. The molecule has 0 fully saturated rings. The van der Waals surface area contributed by atoms with E-state index in [0.29, 0.717) is 17.5 Å². The largest absolute Gasteiger partial charge is 0.489 e. The van der Waals surface area contributed by atoms with Gasteiger partial charge in [-0.25, -0.2) is 13.6 Å². The van der Waals surface area contributed by atoms with E-state index in [9.17, 15) is 18.4 Å². The van der Waals surface area contributed by atoms with Gasteiger partial charge in [-0.3, -0.25) is 4.79 Å². The van der Waals surface area contributed by atoms with Crippen LogP contribution in [0.1, 0.15) is 21.5 Å². The van der Waals surface area contributed by atoms with E-state index >= 15 is 0 Å². The van der Waals surface area contributed by atoms with Crippen molar-refractivity contribution >= 4 is 11.9 Å². The molecule has 0 atom stereocenters. The van der Waals surface area contributed by atoms with E-state index in [-0.39, 0.29) is 12.2 Å². The van der Waals surface area contributed by atoms with Crippen LogP contribution in [0.5, 0.6) is 5.75 Å². The maximum Gasteiger partial charge on any atom is 0.335 e. The lowest BCUT2D eigenvalue weighted by Gasteiger charge is -2.07. The van der Waals surface area contributed by atoms with Crippen molar-refractivity contribution < 1.29 is 28.2 Å². The average Bonchev–Trinajstić information content (AvgIpc) is 2.66. The monoisotopic (exact) mass is 404 g/mol. The number of hydrogen-bond donors (Lipinski definition) is 3. The second kappa shape index (κ2) is 11.2. The summed E-state index contributed by atoms with van der Waals surface area (Å²) in [6.45, 7) is 3.51. The van der Waals surface area contributed by atoms with E-state index < -0.39 is 23.5 Å². The second-order valence-electron chi connectivity index (χ2n) is 5.95. The van der Waals surface area contributed by atoms with Crippen molar-refractivity contribution in [2.75, 3.05) is 6.61 Å². The van der Waals surface area contributed by atoms with Gasteiger partial charge in [-0.2, -0.15) is 0 Å². The lowest BCUT2D eigenvalue weighted by molar-refractivity contribution is -0.114. The Morgan fingerprint density at radius 3 is 2.24 bits per heavy atom. The highest BCUT2D eigenvalue weighted by molar-refractivity contribution is 5.92. The number of benzene rings is 2. The SMILES string of the molecule is Cc1ccc(C(=O)O)c(C)c1.N/C=C(F)\C=C(/COc1ccc(F)cc1)C(N)=O. The van der Waals surface area contributed by atoms with E-state index in [0.717, 1.165) is 17.2 Å². The first kappa shape index (κ1) is 23.4. The van der Waals surface area contributed by atoms with Crippen LogP contribution >= 0.6 is 0 Å². The predicted molar refractivity (Wildman–Crippen MR) is 105 cm³/mol. The lowest BCUT2D eigenvalue weighted by Crippen LogP contribution is -2.19. The molecular weight excluding hydrogens is 382 g/mol. The van der Waals surface area contributed by atoms with Crippen LogP contribution in [-0.4, -0.2) is 23.6 Å². The summed E-state index contributed by atoms with van der Waals surface area (Å²) in [6, 6.07) is 10.5. The number of allylic oxidation sites excluding steroid dienone is 2. The molecule has 0 saturated carbocycles. The Kier molecular flexibility index (Phi) is 9.04. The van der Waals surface area contributed by atoms with Gasteiger partial charge in [-0.05, 0) is 55.8 Å². The summed E-state index contributed by atoms with van der Waals surface area (Å²) < 4.78 is 30.6. The third-order valence-corrected chi connectivity index (χ3v) is 3.61. The Balaban J connectivity index is 0.000000326. The molecule has 0 spiro atoms. The Labute approximate surface area is 167 Å². The van der Waals surface area contributed by atoms with Crippen LogP contribution in [0, 0.1) is 19.7 Å². The Bertz CT molecular complexity index is 923. The summed E-state index contributed by atoms with van der Waals surface area (Å²) in [7, 11) is 0. The third kappa shape index (κ3) is 8.25. The van der Waals surface area contributed by atoms with Crippen molar-refractivity contribution in [2.45, 2.75) is 13.8 Å². The molecule has 0 aliphatic rings. The number of hydrogen-bond acceptors (Lipinski definition) is 4. The zero-order chi connectivity index (χ0) is 22.0. The van der Waals surface area contributed by atoms with Crippen molar-refractivity contribution in [3.63, 3.8) is 0 Å². The van der Waals surface area contributed by atoms with Gasteiger partial charge >= 0.3 is 5.97 Å². The molecule has 154 valence electrons. The number of carbonyl (C=O) groups is 2. The number of ether oxygens (including phenoxy) is 1. The Morgan fingerprint density at radius 2 is 1.76 bits per heavy atom. The summed E-state index contributed by atoms with van der Waals surface area (Å²) >= 11 is 0. The molecule has 2 rings (SSSR count). The first-order valence-electron chi connectivity index (χ1n) is 8.40. The van der Waals surface area contributed by atoms with Gasteiger partial charge in [0.1, 0.15) is 24.0 Å². The molecule has 5 N–H and O–H groups in total. The van der Waals surface area contributed by atoms with E-state index in [1.165, 1.54) is 24.3 Å². The van der Waals surface area contributed by atoms with Crippen LogP contribution in [0.25, 0.3) is 0 Å². The van der Waals surface area contributed by atoms with Crippen molar-refractivity contribution in [1.29, 1.82) is 0 Å². The van der Waals surface area contributed by atoms with Gasteiger partial charge in [0.15, 0.2) is 0 Å². The minimum absolute atomic E-state index is 0.0847. The number of amides is 1. The van der Waals surface area contributed by atoms with Crippen LogP contribution in [0.2, 0.25) is 0 Å². The van der Waals surface area contributed by atoms with Crippen LogP contribution in [0.3, 0.4) is 0 Å². The normalized spacial score (nSPS) is 11.3. The number of carboxylic acid groups (broad SMARTS) is 1. The van der Waals surface area contributed by atoms with Gasteiger partial charge in [-0.15, -0.1) is 0 Å². The van der Waals surface area contributed by atoms with Crippen molar-refractivity contribution in [2.24, 2.45) is 11.5 Å². The fourth-order valence-electron chi connectivity index (χ4n) is 2.14. The topological polar surface area (TPSA) is 116 Å². The molecule has 1 amide bonds. The minimum Gasteiger partial charge on any atom is -0.489 e. The second-order valence-corrected chi connectivity index (χ2v) is 5.95. The number of rotatable bonds is 6. The first-order chi connectivity index (χ1) is 13.6.